The van der Waals surface area contributed by atoms with Crippen LogP contribution in [0.25, 0.3) is 66.1 Å². The molecule has 0 aliphatic heterocycles. The molecule has 0 heteroatoms. The van der Waals surface area contributed by atoms with Gasteiger partial charge in [0, 0.05) is 0 Å². The third-order valence-corrected chi connectivity index (χ3v) is 10.9. The topological polar surface area (TPSA) is 0 Å². The van der Waals surface area contributed by atoms with E-state index in [2.05, 4.69) is 206 Å². The quantitative estimate of drug-likeness (QED) is 0.175. The van der Waals surface area contributed by atoms with Gasteiger partial charge in [-0.2, -0.15) is 0 Å². The summed E-state index contributed by atoms with van der Waals surface area (Å²) in [6, 6.07) is 76.3. The van der Waals surface area contributed by atoms with E-state index in [0.717, 1.165) is 0 Å². The molecule has 0 radical (unpaired) electrons. The fourth-order valence-corrected chi connectivity index (χ4v) is 8.44. The molecule has 0 N–H and O–H groups in total. The molecule has 1 aliphatic carbocycles. The van der Waals surface area contributed by atoms with Crippen LogP contribution in [0.15, 0.2) is 206 Å². The second-order valence-electron chi connectivity index (χ2n) is 13.7. The molecule has 0 amide bonds. The summed E-state index contributed by atoms with van der Waals surface area (Å²) in [5.41, 5.74) is 14.6. The Morgan fingerprint density at radius 2 is 0.608 bits per heavy atom. The molecule has 0 bridgehead atoms. The van der Waals surface area contributed by atoms with Gasteiger partial charge in [-0.05, 0) is 113 Å². The number of rotatable bonds is 5. The molecule has 1 aliphatic rings. The van der Waals surface area contributed by atoms with Crippen LogP contribution in [0.4, 0.5) is 0 Å². The highest BCUT2D eigenvalue weighted by Crippen LogP contribution is 2.57. The van der Waals surface area contributed by atoms with Crippen molar-refractivity contribution in [1.82, 2.24) is 0 Å². The Morgan fingerprint density at radius 1 is 0.235 bits per heavy atom. The average Bonchev–Trinajstić information content (AvgIpc) is 3.51. The van der Waals surface area contributed by atoms with Gasteiger partial charge >= 0.3 is 0 Å². The monoisotopic (exact) mass is 646 g/mol. The minimum Gasteiger partial charge on any atom is -0.0622 e. The van der Waals surface area contributed by atoms with E-state index >= 15 is 0 Å². The Bertz CT molecular complexity index is 2590. The molecule has 0 nitrogen and oxygen atoms in total. The van der Waals surface area contributed by atoms with Crippen molar-refractivity contribution in [2.24, 2.45) is 0 Å². The van der Waals surface area contributed by atoms with Crippen LogP contribution in [0.2, 0.25) is 0 Å². The van der Waals surface area contributed by atoms with Crippen molar-refractivity contribution in [1.29, 1.82) is 0 Å². The zero-order valence-corrected chi connectivity index (χ0v) is 28.1. The summed E-state index contributed by atoms with van der Waals surface area (Å²) in [6.45, 7) is 0. The van der Waals surface area contributed by atoms with Gasteiger partial charge in [0.15, 0.2) is 0 Å². The second kappa shape index (κ2) is 11.8. The average molecular weight is 647 g/mol. The maximum absolute atomic E-state index is 2.47. The minimum atomic E-state index is -0.527. The zero-order chi connectivity index (χ0) is 33.8. The first-order valence-electron chi connectivity index (χ1n) is 17.7. The van der Waals surface area contributed by atoms with Crippen LogP contribution in [0, 0.1) is 0 Å². The normalized spacial score (nSPS) is 12.9. The molecule has 0 saturated carbocycles. The van der Waals surface area contributed by atoms with Crippen molar-refractivity contribution in [2.45, 2.75) is 5.41 Å². The van der Waals surface area contributed by atoms with Gasteiger partial charge in [-0.1, -0.05) is 182 Å². The Labute approximate surface area is 298 Å². The van der Waals surface area contributed by atoms with Gasteiger partial charge in [-0.25, -0.2) is 0 Å². The van der Waals surface area contributed by atoms with Crippen molar-refractivity contribution >= 4 is 21.5 Å². The first-order valence-corrected chi connectivity index (χ1v) is 17.7. The molecule has 9 aromatic carbocycles. The summed E-state index contributed by atoms with van der Waals surface area (Å²) in [6.07, 6.45) is 0. The lowest BCUT2D eigenvalue weighted by Gasteiger charge is -2.34. The van der Waals surface area contributed by atoms with E-state index < -0.39 is 5.41 Å². The third-order valence-electron chi connectivity index (χ3n) is 10.9. The highest BCUT2D eigenvalue weighted by molar-refractivity contribution is 5.93. The Kier molecular flexibility index (Phi) is 6.82. The molecule has 0 spiro atoms. The summed E-state index contributed by atoms with van der Waals surface area (Å²) in [4.78, 5) is 0. The fourth-order valence-electron chi connectivity index (χ4n) is 8.44. The molecule has 9 aromatic rings. The van der Waals surface area contributed by atoms with Gasteiger partial charge in [0.1, 0.15) is 0 Å². The van der Waals surface area contributed by atoms with Crippen molar-refractivity contribution < 1.29 is 0 Å². The zero-order valence-electron chi connectivity index (χ0n) is 28.1. The highest BCUT2D eigenvalue weighted by Gasteiger charge is 2.46. The van der Waals surface area contributed by atoms with Crippen LogP contribution in [0.3, 0.4) is 0 Å². The predicted octanol–water partition coefficient (Wildman–Crippen LogP) is 13.4. The summed E-state index contributed by atoms with van der Waals surface area (Å²) in [5.74, 6) is 0. The minimum absolute atomic E-state index is 0.527. The smallest absolute Gasteiger partial charge is 0.0622 e. The molecule has 10 rings (SSSR count). The lowest BCUT2D eigenvalue weighted by atomic mass is 9.67. The van der Waals surface area contributed by atoms with Gasteiger partial charge in [0.05, 0.1) is 5.41 Å². The van der Waals surface area contributed by atoms with E-state index in [0.29, 0.717) is 0 Å². The highest BCUT2D eigenvalue weighted by atomic mass is 14.5. The standard InChI is InChI=1S/C51H34/c1-3-11-35(12-4-1)38-23-27-46(28-24-38)51(45-17-5-2-6-18-45)49-33-43(41-21-19-36-13-7-9-15-39(36)31-41)25-29-47(49)48-30-26-44(34-50(48)51)42-22-20-37-14-8-10-16-40(37)32-42/h1-34H. The summed E-state index contributed by atoms with van der Waals surface area (Å²) in [5, 5.41) is 5.02. The van der Waals surface area contributed by atoms with Crippen molar-refractivity contribution in [3.05, 3.63) is 229 Å². The molecule has 51 heavy (non-hydrogen) atoms. The van der Waals surface area contributed by atoms with Gasteiger partial charge in [0.2, 0.25) is 0 Å². The van der Waals surface area contributed by atoms with E-state index in [4.69, 9.17) is 0 Å². The van der Waals surface area contributed by atoms with Gasteiger partial charge < -0.3 is 0 Å². The molecule has 0 atom stereocenters. The number of hydrogen-bond donors (Lipinski definition) is 0. The van der Waals surface area contributed by atoms with E-state index in [1.165, 1.54) is 88.3 Å². The molecule has 0 aromatic heterocycles. The van der Waals surface area contributed by atoms with Gasteiger partial charge in [-0.3, -0.25) is 0 Å². The van der Waals surface area contributed by atoms with Crippen LogP contribution < -0.4 is 0 Å². The largest absolute Gasteiger partial charge is 0.0714 e. The van der Waals surface area contributed by atoms with E-state index in [9.17, 15) is 0 Å². The molecule has 0 heterocycles. The van der Waals surface area contributed by atoms with Crippen LogP contribution in [-0.4, -0.2) is 0 Å². The van der Waals surface area contributed by atoms with Crippen LogP contribution in [0.5, 0.6) is 0 Å². The SMILES string of the molecule is c1ccc(-c2ccc(C3(c4ccccc4)c4cc(-c5ccc6ccccc6c5)ccc4-c4ccc(-c5ccc6ccccc6c5)cc43)cc2)cc1. The summed E-state index contributed by atoms with van der Waals surface area (Å²) in [7, 11) is 0. The molecule has 0 saturated heterocycles. The molecular weight excluding hydrogens is 613 g/mol. The summed E-state index contributed by atoms with van der Waals surface area (Å²) < 4.78 is 0. The van der Waals surface area contributed by atoms with Crippen molar-refractivity contribution in [3.63, 3.8) is 0 Å². The van der Waals surface area contributed by atoms with Gasteiger partial charge in [0.25, 0.3) is 0 Å². The maximum Gasteiger partial charge on any atom is 0.0714 e. The number of hydrogen-bond acceptors (Lipinski definition) is 0. The Balaban J connectivity index is 1.24. The lowest BCUT2D eigenvalue weighted by Crippen LogP contribution is -2.28. The molecule has 0 unspecified atom stereocenters. The first-order chi connectivity index (χ1) is 25.3. The first kappa shape index (κ1) is 29.4. The summed E-state index contributed by atoms with van der Waals surface area (Å²) >= 11 is 0. The Hall–Kier alpha value is -6.50. The predicted molar refractivity (Wildman–Crippen MR) is 215 cm³/mol. The number of benzene rings is 9. The van der Waals surface area contributed by atoms with E-state index in [1.807, 2.05) is 0 Å². The maximum atomic E-state index is 2.47. The molecule has 0 fully saturated rings. The van der Waals surface area contributed by atoms with Crippen LogP contribution in [0.1, 0.15) is 22.3 Å². The molecular formula is C51H34. The molecule has 238 valence electrons. The van der Waals surface area contributed by atoms with Gasteiger partial charge in [-0.15, -0.1) is 0 Å². The fraction of sp³-hybridized carbons (Fsp3) is 0.0196. The van der Waals surface area contributed by atoms with Crippen LogP contribution in [-0.2, 0) is 5.41 Å². The van der Waals surface area contributed by atoms with E-state index in [-0.39, 0.29) is 0 Å². The Morgan fingerprint density at radius 3 is 1.14 bits per heavy atom. The third kappa shape index (κ3) is 4.76. The van der Waals surface area contributed by atoms with Crippen molar-refractivity contribution in [3.8, 4) is 44.5 Å². The lowest BCUT2D eigenvalue weighted by molar-refractivity contribution is 0.769. The second-order valence-corrected chi connectivity index (χ2v) is 13.7. The van der Waals surface area contributed by atoms with E-state index in [1.54, 1.807) is 0 Å². The van der Waals surface area contributed by atoms with Crippen LogP contribution >= 0.6 is 0 Å². The number of fused-ring (bicyclic) bond motifs is 5. The van der Waals surface area contributed by atoms with Crippen molar-refractivity contribution in [2.75, 3.05) is 0 Å².